The highest BCUT2D eigenvalue weighted by Crippen LogP contribution is 2.09. The Hall–Kier alpha value is -1.56. The van der Waals surface area contributed by atoms with Gasteiger partial charge in [-0.15, -0.1) is 11.6 Å². The Morgan fingerprint density at radius 3 is 2.85 bits per heavy atom. The van der Waals surface area contributed by atoms with Gasteiger partial charge in [0.1, 0.15) is 6.26 Å². The summed E-state index contributed by atoms with van der Waals surface area (Å²) in [5, 5.41) is 0. The summed E-state index contributed by atoms with van der Waals surface area (Å²) in [5.41, 5.74) is 0.104. The summed E-state index contributed by atoms with van der Waals surface area (Å²) in [5.74, 6) is 0.218. The third kappa shape index (κ3) is 4.85. The van der Waals surface area contributed by atoms with E-state index in [9.17, 15) is 9.59 Å². The first-order valence-corrected chi connectivity index (χ1v) is 7.02. The number of ether oxygens (including phenoxy) is 1. The number of aromatic nitrogens is 1. The smallest absolute Gasteiger partial charge is 0.360 e. The first-order valence-electron chi connectivity index (χ1n) is 6.48. The van der Waals surface area contributed by atoms with Crippen LogP contribution in [0.3, 0.4) is 0 Å². The second kappa shape index (κ2) is 8.58. The van der Waals surface area contributed by atoms with E-state index in [-0.39, 0.29) is 18.1 Å². The molecule has 0 bridgehead atoms. The zero-order chi connectivity index (χ0) is 15.0. The fourth-order valence-electron chi connectivity index (χ4n) is 1.68. The lowest BCUT2D eigenvalue weighted by atomic mass is 10.3. The average Bonchev–Trinajstić information content (AvgIpc) is 2.92. The standard InChI is InChI=1S/C13H19ClN2O4/c1-3-7-16(12(17)5-4-6-14)8-11-15-10(9-20-11)13(18)19-2/h9H,3-8H2,1-2H3. The summed E-state index contributed by atoms with van der Waals surface area (Å²) in [6.45, 7) is 2.83. The Morgan fingerprint density at radius 1 is 1.50 bits per heavy atom. The van der Waals surface area contributed by atoms with E-state index >= 15 is 0 Å². The number of methoxy groups -OCH3 is 1. The fourth-order valence-corrected chi connectivity index (χ4v) is 1.82. The number of carbonyl (C=O) groups excluding carboxylic acids is 2. The molecule has 112 valence electrons. The normalized spacial score (nSPS) is 10.3. The molecule has 0 spiro atoms. The lowest BCUT2D eigenvalue weighted by molar-refractivity contribution is -0.132. The molecule has 6 nitrogen and oxygen atoms in total. The number of nitrogens with zero attached hydrogens (tertiary/aromatic N) is 2. The number of rotatable bonds is 8. The summed E-state index contributed by atoms with van der Waals surface area (Å²) in [6.07, 6.45) is 3.10. The van der Waals surface area contributed by atoms with Crippen molar-refractivity contribution < 1.29 is 18.7 Å². The Morgan fingerprint density at radius 2 is 2.25 bits per heavy atom. The van der Waals surface area contributed by atoms with E-state index in [1.807, 2.05) is 6.92 Å². The molecular formula is C13H19ClN2O4. The summed E-state index contributed by atoms with van der Waals surface area (Å²) in [7, 11) is 1.27. The molecule has 0 fully saturated rings. The lowest BCUT2D eigenvalue weighted by Gasteiger charge is -2.20. The average molecular weight is 303 g/mol. The molecule has 0 saturated heterocycles. The van der Waals surface area contributed by atoms with Crippen LogP contribution in [0.25, 0.3) is 0 Å². The maximum absolute atomic E-state index is 12.0. The number of amides is 1. The Labute approximate surface area is 123 Å². The van der Waals surface area contributed by atoms with Crippen molar-refractivity contribution in [2.24, 2.45) is 0 Å². The van der Waals surface area contributed by atoms with Crippen molar-refractivity contribution in [2.45, 2.75) is 32.7 Å². The first kappa shape index (κ1) is 16.5. The molecule has 0 unspecified atom stereocenters. The van der Waals surface area contributed by atoms with Gasteiger partial charge in [-0.25, -0.2) is 9.78 Å². The molecule has 20 heavy (non-hydrogen) atoms. The van der Waals surface area contributed by atoms with Crippen LogP contribution in [-0.2, 0) is 16.1 Å². The fraction of sp³-hybridized carbons (Fsp3) is 0.615. The van der Waals surface area contributed by atoms with Crippen LogP contribution < -0.4 is 0 Å². The zero-order valence-electron chi connectivity index (χ0n) is 11.7. The van der Waals surface area contributed by atoms with Crippen molar-refractivity contribution in [3.8, 4) is 0 Å². The Kier molecular flexibility index (Phi) is 7.08. The van der Waals surface area contributed by atoms with E-state index in [1.165, 1.54) is 13.4 Å². The number of halogens is 1. The molecule has 1 aromatic rings. The second-order valence-electron chi connectivity index (χ2n) is 4.23. The molecule has 1 rings (SSSR count). The maximum atomic E-state index is 12.0. The Bertz CT molecular complexity index is 447. The van der Waals surface area contributed by atoms with E-state index in [2.05, 4.69) is 9.72 Å². The molecule has 0 atom stereocenters. The molecule has 0 aliphatic rings. The molecule has 0 saturated carbocycles. The van der Waals surface area contributed by atoms with E-state index in [4.69, 9.17) is 16.0 Å². The molecule has 0 aliphatic heterocycles. The molecule has 1 heterocycles. The predicted octanol–water partition coefficient (Wildman–Crippen LogP) is 2.22. The maximum Gasteiger partial charge on any atom is 0.360 e. The van der Waals surface area contributed by atoms with E-state index in [0.717, 1.165) is 6.42 Å². The van der Waals surface area contributed by atoms with Gasteiger partial charge < -0.3 is 14.1 Å². The third-order valence-corrected chi connectivity index (χ3v) is 2.91. The molecule has 0 aliphatic carbocycles. The topological polar surface area (TPSA) is 72.6 Å². The molecule has 0 N–H and O–H groups in total. The lowest BCUT2D eigenvalue weighted by Crippen LogP contribution is -2.31. The minimum Gasteiger partial charge on any atom is -0.464 e. The summed E-state index contributed by atoms with van der Waals surface area (Å²) in [6, 6.07) is 0. The van der Waals surface area contributed by atoms with Crippen molar-refractivity contribution in [1.82, 2.24) is 9.88 Å². The first-order chi connectivity index (χ1) is 9.62. The van der Waals surface area contributed by atoms with E-state index < -0.39 is 5.97 Å². The van der Waals surface area contributed by atoms with Crippen LogP contribution in [0.2, 0.25) is 0 Å². The van der Waals surface area contributed by atoms with Gasteiger partial charge in [-0.05, 0) is 12.8 Å². The number of oxazole rings is 1. The van der Waals surface area contributed by atoms with Gasteiger partial charge in [0.25, 0.3) is 0 Å². The van der Waals surface area contributed by atoms with Crippen LogP contribution in [0.4, 0.5) is 0 Å². The van der Waals surface area contributed by atoms with Gasteiger partial charge in [0, 0.05) is 18.8 Å². The molecule has 0 aromatic carbocycles. The molecule has 1 amide bonds. The van der Waals surface area contributed by atoms with Gasteiger partial charge in [-0.3, -0.25) is 4.79 Å². The molecular weight excluding hydrogens is 284 g/mol. The number of carbonyl (C=O) groups is 2. The van der Waals surface area contributed by atoms with Gasteiger partial charge in [-0.2, -0.15) is 0 Å². The van der Waals surface area contributed by atoms with Crippen molar-refractivity contribution >= 4 is 23.5 Å². The SMILES string of the molecule is CCCN(Cc1nc(C(=O)OC)co1)C(=O)CCCCl. The number of hydrogen-bond donors (Lipinski definition) is 0. The third-order valence-electron chi connectivity index (χ3n) is 2.64. The van der Waals surface area contributed by atoms with Gasteiger partial charge in [-0.1, -0.05) is 6.92 Å². The van der Waals surface area contributed by atoms with E-state index in [1.54, 1.807) is 4.90 Å². The highest BCUT2D eigenvalue weighted by atomic mass is 35.5. The molecule has 1 aromatic heterocycles. The van der Waals surface area contributed by atoms with Crippen LogP contribution in [0.5, 0.6) is 0 Å². The zero-order valence-corrected chi connectivity index (χ0v) is 12.5. The van der Waals surface area contributed by atoms with Crippen LogP contribution in [-0.4, -0.2) is 41.3 Å². The second-order valence-corrected chi connectivity index (χ2v) is 4.60. The minimum atomic E-state index is -0.560. The summed E-state index contributed by atoms with van der Waals surface area (Å²) < 4.78 is 9.73. The van der Waals surface area contributed by atoms with Gasteiger partial charge >= 0.3 is 5.97 Å². The van der Waals surface area contributed by atoms with E-state index in [0.29, 0.717) is 31.2 Å². The van der Waals surface area contributed by atoms with Crippen molar-refractivity contribution in [2.75, 3.05) is 19.5 Å². The minimum absolute atomic E-state index is 0.00492. The number of hydrogen-bond acceptors (Lipinski definition) is 5. The number of esters is 1. The summed E-state index contributed by atoms with van der Waals surface area (Å²) in [4.78, 5) is 28.9. The van der Waals surface area contributed by atoms with Crippen LogP contribution in [0, 0.1) is 0 Å². The predicted molar refractivity (Wildman–Crippen MR) is 73.5 cm³/mol. The molecule has 7 heteroatoms. The number of alkyl halides is 1. The van der Waals surface area contributed by atoms with Gasteiger partial charge in [0.05, 0.1) is 13.7 Å². The monoisotopic (exact) mass is 302 g/mol. The van der Waals surface area contributed by atoms with Gasteiger partial charge in [0.2, 0.25) is 11.8 Å². The van der Waals surface area contributed by atoms with Crippen LogP contribution >= 0.6 is 11.6 Å². The highest BCUT2D eigenvalue weighted by Gasteiger charge is 2.18. The largest absolute Gasteiger partial charge is 0.464 e. The molecule has 0 radical (unpaired) electrons. The summed E-state index contributed by atoms with van der Waals surface area (Å²) >= 11 is 5.59. The van der Waals surface area contributed by atoms with Crippen molar-refractivity contribution in [1.29, 1.82) is 0 Å². The highest BCUT2D eigenvalue weighted by molar-refractivity contribution is 6.17. The Balaban J connectivity index is 2.67. The van der Waals surface area contributed by atoms with Crippen LogP contribution in [0.1, 0.15) is 42.6 Å². The van der Waals surface area contributed by atoms with Crippen LogP contribution in [0.15, 0.2) is 10.7 Å². The van der Waals surface area contributed by atoms with Gasteiger partial charge in [0.15, 0.2) is 5.69 Å². The quantitative estimate of drug-likeness (QED) is 0.544. The van der Waals surface area contributed by atoms with Crippen molar-refractivity contribution in [3.63, 3.8) is 0 Å². The van der Waals surface area contributed by atoms with Crippen molar-refractivity contribution in [3.05, 3.63) is 17.8 Å².